The van der Waals surface area contributed by atoms with Crippen LogP contribution in [0, 0.1) is 0 Å². The lowest BCUT2D eigenvalue weighted by Gasteiger charge is -2.18. The van der Waals surface area contributed by atoms with Gasteiger partial charge in [0.25, 0.3) is 0 Å². The van der Waals surface area contributed by atoms with Gasteiger partial charge in [-0.2, -0.15) is 4.65 Å². The molecule has 0 heterocycles. The summed E-state index contributed by atoms with van der Waals surface area (Å²) in [6, 6.07) is 0. The minimum atomic E-state index is 0.00590. The molecule has 0 atom stereocenters. The molecule has 0 saturated carbocycles. The number of rotatable bonds is 13. The van der Waals surface area contributed by atoms with Gasteiger partial charge in [-0.25, -0.2) is 5.21 Å². The standard InChI is InChI=1S/C16H34NO2/c1-4-5-6-7-8-9-10-13-16(18)14-11-12-15-17(2,3)19/h19H,4-15H2,1-3H3/q+1. The van der Waals surface area contributed by atoms with Crippen LogP contribution in [0.25, 0.3) is 0 Å². The smallest absolute Gasteiger partial charge is 0.132 e. The predicted octanol–water partition coefficient (Wildman–Crippen LogP) is 4.33. The maximum absolute atomic E-state index is 11.6. The number of carbonyl (C=O) groups excluding carboxylic acids is 1. The summed E-state index contributed by atoms with van der Waals surface area (Å²) >= 11 is 0. The number of nitrogens with zero attached hydrogens (tertiary/aromatic N) is 1. The maximum atomic E-state index is 11.6. The summed E-state index contributed by atoms with van der Waals surface area (Å²) in [5.41, 5.74) is 0. The molecule has 3 nitrogen and oxygen atoms in total. The third-order valence-corrected chi connectivity index (χ3v) is 3.47. The lowest BCUT2D eigenvalue weighted by molar-refractivity contribution is -1.07. The van der Waals surface area contributed by atoms with Gasteiger partial charge in [-0.1, -0.05) is 45.4 Å². The normalized spacial score (nSPS) is 11.8. The minimum absolute atomic E-state index is 0.00590. The van der Waals surface area contributed by atoms with Gasteiger partial charge < -0.3 is 0 Å². The van der Waals surface area contributed by atoms with Gasteiger partial charge in [-0.15, -0.1) is 0 Å². The van der Waals surface area contributed by atoms with E-state index in [1.807, 2.05) is 0 Å². The summed E-state index contributed by atoms with van der Waals surface area (Å²) in [6.07, 6.45) is 12.1. The molecule has 0 aliphatic carbocycles. The highest BCUT2D eigenvalue weighted by molar-refractivity contribution is 5.78. The fourth-order valence-corrected chi connectivity index (χ4v) is 2.23. The zero-order valence-corrected chi connectivity index (χ0v) is 13.3. The molecule has 0 aliphatic heterocycles. The fraction of sp³-hybridized carbons (Fsp3) is 0.938. The SMILES string of the molecule is CCCCCCCCCC(=O)CCCC[N+](C)(C)O. The van der Waals surface area contributed by atoms with E-state index in [0.717, 1.165) is 32.2 Å². The van der Waals surface area contributed by atoms with Gasteiger partial charge in [0.1, 0.15) is 12.3 Å². The summed E-state index contributed by atoms with van der Waals surface area (Å²) in [5.74, 6) is 0.400. The van der Waals surface area contributed by atoms with Crippen LogP contribution in [-0.4, -0.2) is 36.3 Å². The van der Waals surface area contributed by atoms with E-state index in [1.54, 1.807) is 14.1 Å². The van der Waals surface area contributed by atoms with Crippen molar-refractivity contribution in [3.63, 3.8) is 0 Å². The van der Waals surface area contributed by atoms with Gasteiger partial charge in [-0.3, -0.25) is 4.79 Å². The summed E-state index contributed by atoms with van der Waals surface area (Å²) in [7, 11) is 3.53. The van der Waals surface area contributed by atoms with Gasteiger partial charge >= 0.3 is 0 Å². The first kappa shape index (κ1) is 18.6. The third kappa shape index (κ3) is 15.5. The van der Waals surface area contributed by atoms with E-state index in [1.165, 1.54) is 38.5 Å². The molecule has 0 fully saturated rings. The van der Waals surface area contributed by atoms with E-state index in [2.05, 4.69) is 6.92 Å². The molecule has 0 aliphatic rings. The molecule has 0 aromatic rings. The second-order valence-corrected chi connectivity index (χ2v) is 6.21. The van der Waals surface area contributed by atoms with Crippen LogP contribution in [0.4, 0.5) is 0 Å². The van der Waals surface area contributed by atoms with Crippen molar-refractivity contribution in [3.05, 3.63) is 0 Å². The summed E-state index contributed by atoms with van der Waals surface area (Å²) in [4.78, 5) is 11.6. The van der Waals surface area contributed by atoms with Crippen molar-refractivity contribution < 1.29 is 14.6 Å². The zero-order chi connectivity index (χ0) is 14.6. The van der Waals surface area contributed by atoms with Crippen LogP contribution in [-0.2, 0) is 4.79 Å². The van der Waals surface area contributed by atoms with Crippen LogP contribution < -0.4 is 0 Å². The lowest BCUT2D eigenvalue weighted by Crippen LogP contribution is -2.36. The Morgan fingerprint density at radius 3 is 1.84 bits per heavy atom. The molecule has 0 radical (unpaired) electrons. The summed E-state index contributed by atoms with van der Waals surface area (Å²) in [6.45, 7) is 2.96. The summed E-state index contributed by atoms with van der Waals surface area (Å²) < 4.78 is 0.00590. The Morgan fingerprint density at radius 2 is 1.32 bits per heavy atom. The number of unbranched alkanes of at least 4 members (excludes halogenated alkanes) is 7. The molecule has 0 unspecified atom stereocenters. The van der Waals surface area contributed by atoms with Crippen molar-refractivity contribution in [1.29, 1.82) is 0 Å². The topological polar surface area (TPSA) is 37.3 Å². The molecule has 114 valence electrons. The molecule has 19 heavy (non-hydrogen) atoms. The monoisotopic (exact) mass is 272 g/mol. The largest absolute Gasteiger partial charge is 0.300 e. The number of ketones is 1. The Bertz CT molecular complexity index is 221. The Kier molecular flexibility index (Phi) is 11.2. The average molecular weight is 272 g/mol. The highest BCUT2D eigenvalue weighted by Gasteiger charge is 2.10. The van der Waals surface area contributed by atoms with Gasteiger partial charge in [0.2, 0.25) is 0 Å². The van der Waals surface area contributed by atoms with Crippen molar-refractivity contribution in [2.24, 2.45) is 0 Å². The van der Waals surface area contributed by atoms with Crippen molar-refractivity contribution in [2.45, 2.75) is 77.6 Å². The first-order valence-electron chi connectivity index (χ1n) is 8.03. The van der Waals surface area contributed by atoms with Gasteiger partial charge in [0.15, 0.2) is 0 Å². The first-order chi connectivity index (χ1) is 8.95. The highest BCUT2D eigenvalue weighted by Crippen LogP contribution is 2.10. The van der Waals surface area contributed by atoms with Gasteiger partial charge in [0.05, 0.1) is 14.1 Å². The van der Waals surface area contributed by atoms with E-state index >= 15 is 0 Å². The van der Waals surface area contributed by atoms with Crippen LogP contribution in [0.3, 0.4) is 0 Å². The van der Waals surface area contributed by atoms with E-state index in [9.17, 15) is 10.0 Å². The van der Waals surface area contributed by atoms with Gasteiger partial charge in [-0.05, 0) is 19.3 Å². The van der Waals surface area contributed by atoms with E-state index in [0.29, 0.717) is 12.2 Å². The second kappa shape index (κ2) is 11.4. The maximum Gasteiger partial charge on any atom is 0.132 e. The van der Waals surface area contributed by atoms with Crippen molar-refractivity contribution in [1.82, 2.24) is 0 Å². The van der Waals surface area contributed by atoms with Crippen LogP contribution in [0.2, 0.25) is 0 Å². The Hall–Kier alpha value is -0.410. The minimum Gasteiger partial charge on any atom is -0.300 e. The average Bonchev–Trinajstić information content (AvgIpc) is 2.32. The Balaban J connectivity index is 3.26. The molecule has 0 aromatic carbocycles. The number of hydrogen-bond acceptors (Lipinski definition) is 2. The number of Topliss-reactive ketones (excluding diaryl/α,β-unsaturated/α-hetero) is 1. The van der Waals surface area contributed by atoms with Crippen molar-refractivity contribution in [2.75, 3.05) is 20.6 Å². The van der Waals surface area contributed by atoms with Crippen molar-refractivity contribution in [3.8, 4) is 0 Å². The quantitative estimate of drug-likeness (QED) is 0.308. The molecule has 0 saturated heterocycles. The molecule has 1 N–H and O–H groups in total. The predicted molar refractivity (Wildman–Crippen MR) is 80.2 cm³/mol. The summed E-state index contributed by atoms with van der Waals surface area (Å²) in [5, 5.41) is 9.50. The third-order valence-electron chi connectivity index (χ3n) is 3.47. The molecule has 0 bridgehead atoms. The molecular formula is C16H34NO2+. The van der Waals surface area contributed by atoms with Crippen LogP contribution >= 0.6 is 0 Å². The lowest BCUT2D eigenvalue weighted by atomic mass is 10.0. The van der Waals surface area contributed by atoms with Gasteiger partial charge in [0, 0.05) is 12.8 Å². The van der Waals surface area contributed by atoms with Crippen LogP contribution in [0.1, 0.15) is 77.6 Å². The molecule has 0 rings (SSSR count). The van der Waals surface area contributed by atoms with E-state index in [4.69, 9.17) is 0 Å². The number of quaternary nitrogens is 1. The highest BCUT2D eigenvalue weighted by atomic mass is 16.5. The molecule has 0 spiro atoms. The van der Waals surface area contributed by atoms with Crippen LogP contribution in [0.5, 0.6) is 0 Å². The second-order valence-electron chi connectivity index (χ2n) is 6.21. The first-order valence-corrected chi connectivity index (χ1v) is 8.03. The fourth-order valence-electron chi connectivity index (χ4n) is 2.23. The van der Waals surface area contributed by atoms with Crippen LogP contribution in [0.15, 0.2) is 0 Å². The molecular weight excluding hydrogens is 238 g/mol. The number of carbonyl (C=O) groups is 1. The van der Waals surface area contributed by atoms with E-state index in [-0.39, 0.29) is 4.65 Å². The zero-order valence-electron chi connectivity index (χ0n) is 13.3. The Morgan fingerprint density at radius 1 is 0.842 bits per heavy atom. The Labute approximate surface area is 119 Å². The number of hydrogen-bond donors (Lipinski definition) is 1. The molecule has 0 aromatic heterocycles. The van der Waals surface area contributed by atoms with E-state index < -0.39 is 0 Å². The number of hydroxylamine groups is 3. The molecule has 0 amide bonds. The van der Waals surface area contributed by atoms with Crippen molar-refractivity contribution >= 4 is 5.78 Å². The molecule has 3 heteroatoms.